The smallest absolute Gasteiger partial charge is 0.253 e. The average molecular weight is 291 g/mol. The number of nitrogens with two attached hydrogens (primary N) is 1. The lowest BCUT2D eigenvalue weighted by Crippen LogP contribution is -2.25. The molecule has 0 saturated heterocycles. The van der Waals surface area contributed by atoms with E-state index >= 15 is 0 Å². The van der Waals surface area contributed by atoms with Gasteiger partial charge in [-0.1, -0.05) is 0 Å². The summed E-state index contributed by atoms with van der Waals surface area (Å²) in [5.74, 6) is 1.23. The van der Waals surface area contributed by atoms with Gasteiger partial charge in [0.2, 0.25) is 0 Å². The maximum Gasteiger partial charge on any atom is 0.253 e. The van der Waals surface area contributed by atoms with E-state index in [4.69, 9.17) is 15.2 Å². The van der Waals surface area contributed by atoms with Crippen molar-refractivity contribution in [3.63, 3.8) is 0 Å². The quantitative estimate of drug-likeness (QED) is 0.770. The first-order valence-electron chi connectivity index (χ1n) is 6.19. The fourth-order valence-electron chi connectivity index (χ4n) is 1.81. The molecule has 1 heterocycles. The Balaban J connectivity index is 2.17. The van der Waals surface area contributed by atoms with Gasteiger partial charge in [-0.05, 0) is 6.07 Å². The summed E-state index contributed by atoms with van der Waals surface area (Å²) in [5, 5.41) is 10.4. The van der Waals surface area contributed by atoms with Crippen LogP contribution in [-0.4, -0.2) is 34.9 Å². The van der Waals surface area contributed by atoms with Crippen molar-refractivity contribution in [2.75, 3.05) is 20.0 Å². The predicted octanol–water partition coefficient (Wildman–Crippen LogP) is 0.345. The largest absolute Gasteiger partial charge is 0.493 e. The van der Waals surface area contributed by atoms with Crippen LogP contribution in [0, 0.1) is 0 Å². The molecule has 0 unspecified atom stereocenters. The molecule has 0 aliphatic carbocycles. The second-order valence-corrected chi connectivity index (χ2v) is 4.34. The van der Waals surface area contributed by atoms with Crippen LogP contribution in [0.1, 0.15) is 16.2 Å². The van der Waals surface area contributed by atoms with Crippen LogP contribution in [0.15, 0.2) is 18.5 Å². The van der Waals surface area contributed by atoms with Gasteiger partial charge in [0, 0.05) is 18.8 Å². The molecule has 1 aromatic carbocycles. The number of nitrogens with one attached hydrogen (secondary N) is 1. The number of methoxy groups -OCH3 is 2. The van der Waals surface area contributed by atoms with Gasteiger partial charge in [-0.25, -0.2) is 0 Å². The minimum absolute atomic E-state index is 0.253. The molecule has 0 aliphatic heterocycles. The lowest BCUT2D eigenvalue weighted by atomic mass is 10.1. The van der Waals surface area contributed by atoms with Crippen molar-refractivity contribution in [2.24, 2.45) is 7.05 Å². The zero-order chi connectivity index (χ0) is 15.4. The third-order valence-corrected chi connectivity index (χ3v) is 3.01. The van der Waals surface area contributed by atoms with E-state index in [-0.39, 0.29) is 12.5 Å². The van der Waals surface area contributed by atoms with Crippen LogP contribution in [0.5, 0.6) is 11.5 Å². The van der Waals surface area contributed by atoms with Crippen molar-refractivity contribution >= 4 is 11.6 Å². The number of aryl methyl sites for hydroxylation is 1. The Morgan fingerprint density at radius 3 is 2.57 bits per heavy atom. The van der Waals surface area contributed by atoms with Gasteiger partial charge in [-0.3, -0.25) is 4.79 Å². The molecule has 2 rings (SSSR count). The number of nitrogens with zero attached hydrogens (tertiary/aromatic N) is 3. The Morgan fingerprint density at radius 2 is 2.00 bits per heavy atom. The molecule has 8 nitrogen and oxygen atoms in total. The Kier molecular flexibility index (Phi) is 4.27. The average Bonchev–Trinajstić information content (AvgIpc) is 2.89. The molecule has 1 amide bonds. The maximum atomic E-state index is 12.2. The van der Waals surface area contributed by atoms with E-state index in [9.17, 15) is 4.79 Å². The number of aromatic nitrogens is 3. The Bertz CT molecular complexity index is 653. The number of amides is 1. The zero-order valence-corrected chi connectivity index (χ0v) is 12.1. The number of benzene rings is 1. The molecule has 0 bridgehead atoms. The fraction of sp³-hybridized carbons (Fsp3) is 0.308. The van der Waals surface area contributed by atoms with E-state index in [2.05, 4.69) is 15.5 Å². The van der Waals surface area contributed by atoms with Gasteiger partial charge >= 0.3 is 0 Å². The highest BCUT2D eigenvalue weighted by Crippen LogP contribution is 2.31. The molecule has 1 aromatic heterocycles. The molecule has 0 spiro atoms. The molecular weight excluding hydrogens is 274 g/mol. The third-order valence-electron chi connectivity index (χ3n) is 3.01. The number of nitrogen functional groups attached to an aromatic ring is 1. The van der Waals surface area contributed by atoms with Crippen LogP contribution in [0.25, 0.3) is 0 Å². The molecule has 0 radical (unpaired) electrons. The maximum absolute atomic E-state index is 12.2. The molecule has 0 atom stereocenters. The number of ether oxygens (including phenoxy) is 2. The van der Waals surface area contributed by atoms with E-state index in [1.807, 2.05) is 0 Å². The SMILES string of the molecule is COc1cc(N)c(C(=O)NCc2nncn2C)cc1OC. The van der Waals surface area contributed by atoms with E-state index in [0.29, 0.717) is 28.6 Å². The summed E-state index contributed by atoms with van der Waals surface area (Å²) in [5.41, 5.74) is 6.49. The normalized spacial score (nSPS) is 10.2. The third kappa shape index (κ3) is 3.04. The fourth-order valence-corrected chi connectivity index (χ4v) is 1.81. The summed E-state index contributed by atoms with van der Waals surface area (Å²) in [7, 11) is 4.80. The van der Waals surface area contributed by atoms with Gasteiger partial charge in [-0.15, -0.1) is 10.2 Å². The minimum atomic E-state index is -0.323. The Labute approximate surface area is 121 Å². The number of hydrogen-bond acceptors (Lipinski definition) is 6. The van der Waals surface area contributed by atoms with E-state index in [1.54, 1.807) is 30.1 Å². The predicted molar refractivity (Wildman–Crippen MR) is 76.1 cm³/mol. The molecule has 3 N–H and O–H groups in total. The van der Waals surface area contributed by atoms with E-state index in [0.717, 1.165) is 0 Å². The van der Waals surface area contributed by atoms with Crippen LogP contribution < -0.4 is 20.5 Å². The van der Waals surface area contributed by atoms with Crippen LogP contribution in [0.4, 0.5) is 5.69 Å². The van der Waals surface area contributed by atoms with Crippen LogP contribution in [0.3, 0.4) is 0 Å². The summed E-state index contributed by atoms with van der Waals surface area (Å²) in [6, 6.07) is 3.09. The Hall–Kier alpha value is -2.77. The second-order valence-electron chi connectivity index (χ2n) is 4.34. The number of rotatable bonds is 5. The number of anilines is 1. The first-order chi connectivity index (χ1) is 10.1. The van der Waals surface area contributed by atoms with Crippen molar-refractivity contribution in [3.05, 3.63) is 29.8 Å². The van der Waals surface area contributed by atoms with Crippen molar-refractivity contribution in [2.45, 2.75) is 6.54 Å². The number of carbonyl (C=O) groups is 1. The standard InChI is InChI=1S/C13H17N5O3/c1-18-7-16-17-12(18)6-15-13(19)8-4-10(20-2)11(21-3)5-9(8)14/h4-5,7H,6,14H2,1-3H3,(H,15,19). The molecule has 0 aliphatic rings. The number of carbonyl (C=O) groups excluding carboxylic acids is 1. The van der Waals surface area contributed by atoms with Crippen LogP contribution in [-0.2, 0) is 13.6 Å². The van der Waals surface area contributed by atoms with Gasteiger partial charge in [0.15, 0.2) is 17.3 Å². The molecule has 0 saturated carbocycles. The summed E-state index contributed by atoms with van der Waals surface area (Å²) in [6.45, 7) is 0.253. The molecule has 2 aromatic rings. The zero-order valence-electron chi connectivity index (χ0n) is 12.1. The van der Waals surface area contributed by atoms with Gasteiger partial charge < -0.3 is 25.1 Å². The molecule has 0 fully saturated rings. The second kappa shape index (κ2) is 6.12. The van der Waals surface area contributed by atoms with Crippen molar-refractivity contribution in [1.82, 2.24) is 20.1 Å². The lowest BCUT2D eigenvalue weighted by Gasteiger charge is -2.12. The highest BCUT2D eigenvalue weighted by Gasteiger charge is 2.15. The summed E-state index contributed by atoms with van der Waals surface area (Å²) < 4.78 is 12.0. The molecular formula is C13H17N5O3. The lowest BCUT2D eigenvalue weighted by molar-refractivity contribution is 0.0950. The topological polar surface area (TPSA) is 104 Å². The van der Waals surface area contributed by atoms with Crippen molar-refractivity contribution < 1.29 is 14.3 Å². The summed E-state index contributed by atoms with van der Waals surface area (Å²) in [6.07, 6.45) is 1.56. The van der Waals surface area contributed by atoms with E-state index in [1.165, 1.54) is 14.2 Å². The van der Waals surface area contributed by atoms with Gasteiger partial charge in [0.05, 0.1) is 26.3 Å². The van der Waals surface area contributed by atoms with Crippen molar-refractivity contribution in [1.29, 1.82) is 0 Å². The molecule has 112 valence electrons. The van der Waals surface area contributed by atoms with Crippen molar-refractivity contribution in [3.8, 4) is 11.5 Å². The monoisotopic (exact) mass is 291 g/mol. The first-order valence-corrected chi connectivity index (χ1v) is 6.19. The molecule has 21 heavy (non-hydrogen) atoms. The number of hydrogen-bond donors (Lipinski definition) is 2. The van der Waals surface area contributed by atoms with E-state index < -0.39 is 0 Å². The summed E-state index contributed by atoms with van der Waals surface area (Å²) in [4.78, 5) is 12.2. The highest BCUT2D eigenvalue weighted by molar-refractivity contribution is 6.00. The van der Waals surface area contributed by atoms with Gasteiger partial charge in [-0.2, -0.15) is 0 Å². The van der Waals surface area contributed by atoms with Crippen LogP contribution in [0.2, 0.25) is 0 Å². The first kappa shape index (κ1) is 14.6. The highest BCUT2D eigenvalue weighted by atomic mass is 16.5. The van der Waals surface area contributed by atoms with Crippen LogP contribution >= 0.6 is 0 Å². The molecule has 8 heteroatoms. The Morgan fingerprint density at radius 1 is 1.33 bits per heavy atom. The minimum Gasteiger partial charge on any atom is -0.493 e. The summed E-state index contributed by atoms with van der Waals surface area (Å²) >= 11 is 0. The van der Waals surface area contributed by atoms with Gasteiger partial charge in [0.25, 0.3) is 5.91 Å². The van der Waals surface area contributed by atoms with Gasteiger partial charge in [0.1, 0.15) is 6.33 Å².